The molecule has 0 spiro atoms. The molecule has 0 bridgehead atoms. The van der Waals surface area contributed by atoms with Crippen molar-refractivity contribution in [3.8, 4) is 28.0 Å². The summed E-state index contributed by atoms with van der Waals surface area (Å²) < 4.78 is 6.05. The first-order valence-corrected chi connectivity index (χ1v) is 11.3. The van der Waals surface area contributed by atoms with Crippen molar-refractivity contribution < 1.29 is 19.7 Å². The van der Waals surface area contributed by atoms with Gasteiger partial charge in [-0.25, -0.2) is 4.79 Å². The van der Waals surface area contributed by atoms with Crippen molar-refractivity contribution in [1.82, 2.24) is 0 Å². The van der Waals surface area contributed by atoms with E-state index in [-0.39, 0.29) is 18.3 Å². The van der Waals surface area contributed by atoms with Crippen LogP contribution in [0, 0.1) is 0 Å². The smallest absolute Gasteiger partial charge is 0.336 e. The maximum absolute atomic E-state index is 12.1. The lowest BCUT2D eigenvalue weighted by Crippen LogP contribution is -2.54. The molecule has 0 aliphatic carbocycles. The molecule has 0 radical (unpaired) electrons. The van der Waals surface area contributed by atoms with Gasteiger partial charge in [-0.15, -0.1) is 0 Å². The molecule has 34 heavy (non-hydrogen) atoms. The number of carboxylic acids is 1. The lowest BCUT2D eigenvalue weighted by atomic mass is 9.93. The molecule has 1 saturated heterocycles. The SMILES string of the molecule is O=C(O)c1cccc(N2CC(Oc3ccc(CO)cc3)C2)c1-c1ccc(-c2ccccc2)cc1. The Bertz CT molecular complexity index is 1280. The predicted molar refractivity (Wildman–Crippen MR) is 133 cm³/mol. The number of benzene rings is 4. The molecule has 0 unspecified atom stereocenters. The summed E-state index contributed by atoms with van der Waals surface area (Å²) in [6.07, 6.45) is 0.0155. The molecule has 0 atom stereocenters. The zero-order chi connectivity index (χ0) is 23.5. The standard InChI is InChI=1S/C29H25NO4/c31-19-20-9-15-24(16-10-20)34-25-17-30(18-25)27-8-4-7-26(29(32)33)28(27)23-13-11-22(12-14-23)21-5-2-1-3-6-21/h1-16,25,31H,17-19H2,(H,32,33). The molecular weight excluding hydrogens is 426 g/mol. The zero-order valence-electron chi connectivity index (χ0n) is 18.6. The molecule has 1 heterocycles. The second-order valence-corrected chi connectivity index (χ2v) is 8.40. The Kier molecular flexibility index (Phi) is 6.02. The molecule has 1 fully saturated rings. The third kappa shape index (κ3) is 4.38. The predicted octanol–water partition coefficient (Wildman–Crippen LogP) is 5.48. The Labute approximate surface area is 198 Å². The Hall–Kier alpha value is -4.09. The van der Waals surface area contributed by atoms with Gasteiger partial charge in [0, 0.05) is 11.3 Å². The molecule has 2 N–H and O–H groups in total. The Morgan fingerprint density at radius 1 is 0.794 bits per heavy atom. The number of aliphatic hydroxyl groups excluding tert-OH is 1. The molecule has 4 aromatic rings. The fourth-order valence-electron chi connectivity index (χ4n) is 4.32. The zero-order valence-corrected chi connectivity index (χ0v) is 18.6. The van der Waals surface area contributed by atoms with Gasteiger partial charge in [-0.1, -0.05) is 72.8 Å². The van der Waals surface area contributed by atoms with Crippen LogP contribution >= 0.6 is 0 Å². The van der Waals surface area contributed by atoms with Gasteiger partial charge in [0.2, 0.25) is 0 Å². The van der Waals surface area contributed by atoms with E-state index < -0.39 is 5.97 Å². The first-order valence-electron chi connectivity index (χ1n) is 11.3. The molecule has 0 saturated carbocycles. The highest BCUT2D eigenvalue weighted by molar-refractivity contribution is 6.00. The normalized spacial score (nSPS) is 13.4. The van der Waals surface area contributed by atoms with Crippen molar-refractivity contribution in [3.63, 3.8) is 0 Å². The molecule has 5 heteroatoms. The molecule has 170 valence electrons. The van der Waals surface area contributed by atoms with Gasteiger partial charge in [0.05, 0.1) is 25.3 Å². The second-order valence-electron chi connectivity index (χ2n) is 8.40. The van der Waals surface area contributed by atoms with Crippen LogP contribution in [0.2, 0.25) is 0 Å². The van der Waals surface area contributed by atoms with E-state index in [9.17, 15) is 15.0 Å². The number of aliphatic hydroxyl groups is 1. The average Bonchev–Trinajstić information content (AvgIpc) is 2.86. The number of nitrogens with zero attached hydrogens (tertiary/aromatic N) is 1. The van der Waals surface area contributed by atoms with E-state index in [4.69, 9.17) is 4.74 Å². The van der Waals surface area contributed by atoms with Gasteiger partial charge in [-0.05, 0) is 46.5 Å². The van der Waals surface area contributed by atoms with E-state index in [1.807, 2.05) is 72.8 Å². The molecule has 1 aliphatic rings. The Morgan fingerprint density at radius 2 is 1.44 bits per heavy atom. The summed E-state index contributed by atoms with van der Waals surface area (Å²) in [6.45, 7) is 1.34. The van der Waals surface area contributed by atoms with Crippen molar-refractivity contribution >= 4 is 11.7 Å². The molecule has 0 aromatic heterocycles. The molecular formula is C29H25NO4. The number of rotatable bonds is 7. The Morgan fingerprint density at radius 3 is 2.09 bits per heavy atom. The molecule has 5 rings (SSSR count). The van der Waals surface area contributed by atoms with Crippen molar-refractivity contribution in [2.24, 2.45) is 0 Å². The molecule has 0 amide bonds. The number of hydrogen-bond donors (Lipinski definition) is 2. The second kappa shape index (κ2) is 9.41. The minimum Gasteiger partial charge on any atom is -0.487 e. The number of carboxylic acid groups (broad SMARTS) is 1. The van der Waals surface area contributed by atoms with Gasteiger partial charge in [-0.2, -0.15) is 0 Å². The largest absolute Gasteiger partial charge is 0.487 e. The molecule has 5 nitrogen and oxygen atoms in total. The number of carbonyl (C=O) groups is 1. The number of hydrogen-bond acceptors (Lipinski definition) is 4. The minimum absolute atomic E-state index is 0.00646. The lowest BCUT2D eigenvalue weighted by Gasteiger charge is -2.41. The molecule has 1 aliphatic heterocycles. The van der Waals surface area contributed by atoms with Crippen molar-refractivity contribution in [1.29, 1.82) is 0 Å². The lowest BCUT2D eigenvalue weighted by molar-refractivity contribution is 0.0697. The summed E-state index contributed by atoms with van der Waals surface area (Å²) in [5.41, 5.74) is 5.82. The molecule has 4 aromatic carbocycles. The van der Waals surface area contributed by atoms with Crippen LogP contribution in [0.4, 0.5) is 5.69 Å². The van der Waals surface area contributed by atoms with Crippen LogP contribution in [0.3, 0.4) is 0 Å². The quantitative estimate of drug-likeness (QED) is 0.389. The van der Waals surface area contributed by atoms with Gasteiger partial charge in [0.25, 0.3) is 0 Å². The van der Waals surface area contributed by atoms with Crippen molar-refractivity contribution in [2.45, 2.75) is 12.7 Å². The summed E-state index contributed by atoms with van der Waals surface area (Å²) in [7, 11) is 0. The fourth-order valence-corrected chi connectivity index (χ4v) is 4.32. The van der Waals surface area contributed by atoms with E-state index in [2.05, 4.69) is 17.0 Å². The van der Waals surface area contributed by atoms with Crippen molar-refractivity contribution in [2.75, 3.05) is 18.0 Å². The fraction of sp³-hybridized carbons (Fsp3) is 0.138. The first-order chi connectivity index (χ1) is 16.6. The van der Waals surface area contributed by atoms with Crippen molar-refractivity contribution in [3.05, 3.63) is 108 Å². The number of aromatic carboxylic acids is 1. The Balaban J connectivity index is 1.39. The van der Waals surface area contributed by atoms with Crippen LogP contribution in [0.25, 0.3) is 22.3 Å². The summed E-state index contributed by atoms with van der Waals surface area (Å²) >= 11 is 0. The minimum atomic E-state index is -0.943. The van der Waals surface area contributed by atoms with Crippen LogP contribution in [0.15, 0.2) is 97.1 Å². The summed E-state index contributed by atoms with van der Waals surface area (Å²) in [4.78, 5) is 14.2. The van der Waals surface area contributed by atoms with Gasteiger partial charge in [-0.3, -0.25) is 0 Å². The third-order valence-corrected chi connectivity index (χ3v) is 6.15. The van der Waals surface area contributed by atoms with E-state index in [1.54, 1.807) is 12.1 Å². The van der Waals surface area contributed by atoms with Gasteiger partial charge in [0.1, 0.15) is 11.9 Å². The van der Waals surface area contributed by atoms with E-state index in [0.29, 0.717) is 13.1 Å². The highest BCUT2D eigenvalue weighted by Crippen LogP contribution is 2.38. The third-order valence-electron chi connectivity index (χ3n) is 6.15. The van der Waals surface area contributed by atoms with Gasteiger partial charge in [0.15, 0.2) is 0 Å². The van der Waals surface area contributed by atoms with Crippen LogP contribution in [0.1, 0.15) is 15.9 Å². The van der Waals surface area contributed by atoms with Gasteiger partial charge < -0.3 is 19.8 Å². The van der Waals surface area contributed by atoms with Crippen LogP contribution in [-0.4, -0.2) is 35.4 Å². The maximum atomic E-state index is 12.1. The number of anilines is 1. The topological polar surface area (TPSA) is 70.0 Å². The van der Waals surface area contributed by atoms with Crippen LogP contribution < -0.4 is 9.64 Å². The highest BCUT2D eigenvalue weighted by atomic mass is 16.5. The van der Waals surface area contributed by atoms with E-state index in [1.165, 1.54) is 0 Å². The van der Waals surface area contributed by atoms with E-state index >= 15 is 0 Å². The first kappa shape index (κ1) is 21.7. The average molecular weight is 452 g/mol. The maximum Gasteiger partial charge on any atom is 0.336 e. The van der Waals surface area contributed by atoms with Gasteiger partial charge >= 0.3 is 5.97 Å². The van der Waals surface area contributed by atoms with E-state index in [0.717, 1.165) is 39.3 Å². The summed E-state index contributed by atoms with van der Waals surface area (Å²) in [6, 6.07) is 31.0. The number of ether oxygens (including phenoxy) is 1. The highest BCUT2D eigenvalue weighted by Gasteiger charge is 2.31. The van der Waals surface area contributed by atoms with Crippen LogP contribution in [0.5, 0.6) is 5.75 Å². The summed E-state index contributed by atoms with van der Waals surface area (Å²) in [5.74, 6) is -0.181. The van der Waals surface area contributed by atoms with Crippen LogP contribution in [-0.2, 0) is 6.61 Å². The monoisotopic (exact) mass is 451 g/mol. The summed E-state index contributed by atoms with van der Waals surface area (Å²) in [5, 5.41) is 19.1.